The molecule has 7 N–H and O–H groups in total. The van der Waals surface area contributed by atoms with E-state index in [2.05, 4.69) is 43.6 Å². The van der Waals surface area contributed by atoms with E-state index in [4.69, 9.17) is 9.47 Å². The molecule has 0 fully saturated rings. The highest BCUT2D eigenvalue weighted by Crippen LogP contribution is 2.53. The monoisotopic (exact) mass is 1040 g/mol. The summed E-state index contributed by atoms with van der Waals surface area (Å²) in [6.45, 7) is 16.3. The first kappa shape index (κ1) is 52.8. The highest BCUT2D eigenvalue weighted by atomic mass is 16.5. The molecule has 0 spiro atoms. The molecule has 1 aliphatic heterocycles. The average Bonchev–Trinajstić information content (AvgIpc) is 2.44. The molecule has 13 nitrogen and oxygen atoms in total. The maximum absolute atomic E-state index is 15.8. The lowest BCUT2D eigenvalue weighted by molar-refractivity contribution is 0.0692. The van der Waals surface area contributed by atoms with Gasteiger partial charge in [0.15, 0.2) is 5.75 Å². The summed E-state index contributed by atoms with van der Waals surface area (Å²) in [5, 5.41) is 53.8. The number of benzene rings is 9. The van der Waals surface area contributed by atoms with Gasteiger partial charge >= 0.3 is 5.97 Å². The summed E-state index contributed by atoms with van der Waals surface area (Å²) in [7, 11) is 0. The number of fused-ring (bicyclic) bond motifs is 2. The van der Waals surface area contributed by atoms with Crippen LogP contribution in [0.1, 0.15) is 159 Å². The number of anilines is 2. The maximum Gasteiger partial charge on any atom is 0.340 e. The van der Waals surface area contributed by atoms with Gasteiger partial charge in [-0.15, -0.1) is 0 Å². The van der Waals surface area contributed by atoms with Gasteiger partial charge in [-0.3, -0.25) is 25.1 Å². The van der Waals surface area contributed by atoms with Gasteiger partial charge < -0.3 is 35.4 Å². The summed E-state index contributed by atoms with van der Waals surface area (Å²) in [6, 6.07) is 34.3. The Balaban J connectivity index is 1.40. The van der Waals surface area contributed by atoms with Crippen LogP contribution in [0.25, 0.3) is 43.1 Å². The van der Waals surface area contributed by atoms with Crippen molar-refractivity contribution in [1.29, 1.82) is 5.41 Å². The minimum absolute atomic E-state index is 0.00680. The molecule has 3 amide bonds. The number of ether oxygens (including phenoxy) is 2. The number of hydrogen-bond acceptors (Lipinski definition) is 9. The molecule has 0 saturated heterocycles. The number of carbonyl (C=O) groups is 4. The molecule has 0 aliphatic carbocycles. The van der Waals surface area contributed by atoms with E-state index in [-0.39, 0.29) is 93.0 Å². The van der Waals surface area contributed by atoms with E-state index in [9.17, 15) is 35.1 Å². The van der Waals surface area contributed by atoms with Crippen LogP contribution < -0.4 is 25.4 Å². The lowest BCUT2D eigenvalue weighted by Gasteiger charge is -2.27. The zero-order valence-electron chi connectivity index (χ0n) is 44.9. The summed E-state index contributed by atoms with van der Waals surface area (Å²) in [6.07, 6.45) is 0.790. The zero-order chi connectivity index (χ0) is 55.4. The first-order valence-corrected chi connectivity index (χ1v) is 26.5. The van der Waals surface area contributed by atoms with E-state index in [0.717, 1.165) is 33.4 Å². The third kappa shape index (κ3) is 9.22. The van der Waals surface area contributed by atoms with Gasteiger partial charge in [-0.2, -0.15) is 0 Å². The summed E-state index contributed by atoms with van der Waals surface area (Å²) >= 11 is 0. The van der Waals surface area contributed by atoms with Crippen molar-refractivity contribution >= 4 is 84.0 Å². The fraction of sp³-hybridized carbons (Fsp3) is 0.246. The summed E-state index contributed by atoms with van der Waals surface area (Å²) in [4.78, 5) is 58.4. The molecule has 0 unspecified atom stereocenters. The summed E-state index contributed by atoms with van der Waals surface area (Å²) < 4.78 is 13.8. The minimum Gasteiger partial charge on any atom is -0.478 e. The van der Waals surface area contributed by atoms with E-state index in [0.29, 0.717) is 62.3 Å². The standard InChI is InChI=1S/C65H62N4O9/c1-32(2)40-11-9-12-41(33(3)4)58(40)67-61(66)56-54-47(62(72)68-59-42(34(5)6)13-10-14-43(59)35(7)8)26-23-44-51-49(77-38-19-15-36(16-20-38)27-29-70)31-48-50-46(63(73)69-64(48)74)25-24-45(52(50)51)55(53(44)54)60(57(56)65(75)76)78-39-21-17-37(18-22-39)28-30-71/h9-26,31-35,70-71H,27-30H2,1-8H3,(H2,66,67)(H,68,72)(H,75,76)(H,69,73,74). The van der Waals surface area contributed by atoms with E-state index in [1.165, 1.54) is 0 Å². The van der Waals surface area contributed by atoms with Crippen LogP contribution in [-0.4, -0.2) is 58.1 Å². The smallest absolute Gasteiger partial charge is 0.340 e. The van der Waals surface area contributed by atoms with Crippen LogP contribution in [-0.2, 0) is 12.8 Å². The van der Waals surface area contributed by atoms with Gasteiger partial charge in [0.2, 0.25) is 0 Å². The van der Waals surface area contributed by atoms with Crippen molar-refractivity contribution in [2.45, 2.75) is 91.9 Å². The van der Waals surface area contributed by atoms with Gasteiger partial charge in [0, 0.05) is 73.6 Å². The second-order valence-corrected chi connectivity index (χ2v) is 21.3. The van der Waals surface area contributed by atoms with Crippen LogP contribution in [0.5, 0.6) is 23.0 Å². The largest absolute Gasteiger partial charge is 0.478 e. The Morgan fingerprint density at radius 3 is 1.53 bits per heavy atom. The molecule has 396 valence electrons. The normalized spacial score (nSPS) is 12.5. The van der Waals surface area contributed by atoms with Crippen LogP contribution in [0, 0.1) is 5.41 Å². The Morgan fingerprint density at radius 2 is 1.01 bits per heavy atom. The van der Waals surface area contributed by atoms with Crippen LogP contribution in [0.15, 0.2) is 115 Å². The van der Waals surface area contributed by atoms with Crippen molar-refractivity contribution in [3.63, 3.8) is 0 Å². The quantitative estimate of drug-likeness (QED) is 0.0151. The van der Waals surface area contributed by atoms with Crippen molar-refractivity contribution in [2.75, 3.05) is 23.8 Å². The number of carboxylic acid groups (broad SMARTS) is 1. The van der Waals surface area contributed by atoms with Crippen LogP contribution in [0.2, 0.25) is 0 Å². The Bertz CT molecular complexity index is 3860. The number of amidine groups is 1. The number of aliphatic hydroxyl groups excluding tert-OH is 2. The topological polar surface area (TPSA) is 207 Å². The molecule has 1 aliphatic rings. The number of carboxylic acids is 1. The number of aromatic carboxylic acids is 1. The van der Waals surface area contributed by atoms with Gasteiger partial charge in [-0.05, 0) is 123 Å². The van der Waals surface area contributed by atoms with Crippen molar-refractivity contribution in [2.24, 2.45) is 0 Å². The molecule has 0 saturated carbocycles. The Labute approximate surface area is 452 Å². The number of hydrogen-bond donors (Lipinski definition) is 7. The van der Waals surface area contributed by atoms with Crippen LogP contribution >= 0.6 is 0 Å². The Morgan fingerprint density at radius 1 is 0.538 bits per heavy atom. The van der Waals surface area contributed by atoms with Crippen LogP contribution in [0.3, 0.4) is 0 Å². The van der Waals surface area contributed by atoms with Crippen LogP contribution in [0.4, 0.5) is 11.4 Å². The molecular weight excluding hydrogens is 981 g/mol. The number of carbonyl (C=O) groups excluding carboxylic acids is 3. The molecule has 13 heteroatoms. The number of aliphatic hydroxyl groups is 2. The van der Waals surface area contributed by atoms with E-state index in [1.807, 2.05) is 76.2 Å². The number of imide groups is 1. The van der Waals surface area contributed by atoms with Gasteiger partial charge in [0.05, 0.1) is 5.56 Å². The first-order chi connectivity index (χ1) is 37.4. The van der Waals surface area contributed by atoms with Gasteiger partial charge in [0.25, 0.3) is 17.7 Å². The van der Waals surface area contributed by atoms with Crippen molar-refractivity contribution in [3.05, 3.63) is 176 Å². The maximum atomic E-state index is 15.8. The van der Waals surface area contributed by atoms with E-state index >= 15 is 4.79 Å². The summed E-state index contributed by atoms with van der Waals surface area (Å²) in [5.41, 5.74) is 6.43. The third-order valence-electron chi connectivity index (χ3n) is 14.9. The predicted octanol–water partition coefficient (Wildman–Crippen LogP) is 14.2. The molecule has 0 bridgehead atoms. The highest BCUT2D eigenvalue weighted by Gasteiger charge is 2.36. The molecular formula is C65H62N4O9. The van der Waals surface area contributed by atoms with Crippen molar-refractivity contribution < 1.29 is 44.0 Å². The molecule has 1 heterocycles. The van der Waals surface area contributed by atoms with Gasteiger partial charge in [0.1, 0.15) is 28.6 Å². The molecule has 0 aromatic heterocycles. The lowest BCUT2D eigenvalue weighted by atomic mass is 9.81. The second kappa shape index (κ2) is 21.1. The van der Waals surface area contributed by atoms with E-state index < -0.39 is 29.3 Å². The number of amides is 3. The average molecular weight is 1040 g/mol. The van der Waals surface area contributed by atoms with E-state index in [1.54, 1.807) is 66.7 Å². The highest BCUT2D eigenvalue weighted by molar-refractivity contribution is 6.43. The molecule has 9 aromatic rings. The zero-order valence-corrected chi connectivity index (χ0v) is 44.9. The summed E-state index contributed by atoms with van der Waals surface area (Å²) in [5.74, 6) is -2.91. The Hall–Kier alpha value is -8.65. The van der Waals surface area contributed by atoms with Crippen molar-refractivity contribution in [3.8, 4) is 23.0 Å². The fourth-order valence-electron chi connectivity index (χ4n) is 11.2. The van der Waals surface area contributed by atoms with Crippen molar-refractivity contribution in [1.82, 2.24) is 5.32 Å². The number of para-hydroxylation sites is 2. The molecule has 0 radical (unpaired) electrons. The minimum atomic E-state index is -1.46. The van der Waals surface area contributed by atoms with Gasteiger partial charge in [-0.25, -0.2) is 4.79 Å². The van der Waals surface area contributed by atoms with Gasteiger partial charge in [-0.1, -0.05) is 128 Å². The number of rotatable bonds is 17. The lowest BCUT2D eigenvalue weighted by Crippen LogP contribution is -2.34. The predicted molar refractivity (Wildman–Crippen MR) is 309 cm³/mol. The fourth-order valence-corrected chi connectivity index (χ4v) is 11.2. The molecule has 78 heavy (non-hydrogen) atoms. The molecule has 0 atom stereocenters. The Kier molecular flexibility index (Phi) is 14.2. The molecule has 9 aromatic carbocycles. The molecule has 10 rings (SSSR count). The first-order valence-electron chi connectivity index (χ1n) is 26.5. The number of nitrogens with one attached hydrogen (secondary N) is 4. The SMILES string of the molecule is CC(C)c1cccc(C(C)C)c1NC(=N)c1c(C(=O)O)c(Oc2ccc(CCO)cc2)c2c3ccc4c5c(cc(Oc6ccc(CCO)cc6)c(c6ccc(C(=O)Nc7c(C(C)C)cccc7C(C)C)c1c62)c53)C(=O)NC4=O. The third-order valence-corrected chi connectivity index (χ3v) is 14.9. The second-order valence-electron chi connectivity index (χ2n) is 21.3.